The van der Waals surface area contributed by atoms with Gasteiger partial charge in [-0.25, -0.2) is 4.98 Å². The van der Waals surface area contributed by atoms with E-state index >= 15 is 0 Å². The Balaban J connectivity index is 1.16. The predicted molar refractivity (Wildman–Crippen MR) is 150 cm³/mol. The monoisotopic (exact) mass is 523 g/mol. The molecule has 3 aromatic carbocycles. The number of nitrogens with zero attached hydrogens (tertiary/aromatic N) is 3. The smallest absolute Gasteiger partial charge is 0.256 e. The van der Waals surface area contributed by atoms with E-state index in [2.05, 4.69) is 32.6 Å². The highest BCUT2D eigenvalue weighted by Crippen LogP contribution is 2.33. The summed E-state index contributed by atoms with van der Waals surface area (Å²) >= 11 is 0. The molecule has 0 aliphatic carbocycles. The van der Waals surface area contributed by atoms with Crippen LogP contribution in [0.3, 0.4) is 0 Å². The van der Waals surface area contributed by atoms with Gasteiger partial charge in [0.25, 0.3) is 5.91 Å². The normalized spacial score (nSPS) is 14.8. The second-order valence-corrected chi connectivity index (χ2v) is 9.71. The van der Waals surface area contributed by atoms with Gasteiger partial charge in [0.1, 0.15) is 5.82 Å². The van der Waals surface area contributed by atoms with Gasteiger partial charge in [-0.3, -0.25) is 14.5 Å². The van der Waals surface area contributed by atoms with Crippen molar-refractivity contribution in [3.63, 3.8) is 0 Å². The van der Waals surface area contributed by atoms with E-state index in [1.54, 1.807) is 24.3 Å². The first-order chi connectivity index (χ1) is 19.0. The minimum Gasteiger partial charge on any atom is -0.454 e. The maximum atomic E-state index is 13.4. The fourth-order valence-corrected chi connectivity index (χ4v) is 4.98. The van der Waals surface area contributed by atoms with Crippen molar-refractivity contribution in [2.75, 3.05) is 48.5 Å². The third kappa shape index (κ3) is 5.49. The van der Waals surface area contributed by atoms with E-state index in [9.17, 15) is 9.59 Å². The molecule has 0 radical (unpaired) electrons. The summed E-state index contributed by atoms with van der Waals surface area (Å²) in [4.78, 5) is 34.2. The third-order valence-corrected chi connectivity index (χ3v) is 6.95. The number of aromatic nitrogens is 1. The highest BCUT2D eigenvalue weighted by molar-refractivity contribution is 6.13. The Morgan fingerprint density at radius 3 is 2.33 bits per heavy atom. The van der Waals surface area contributed by atoms with Gasteiger partial charge in [0.2, 0.25) is 12.7 Å². The van der Waals surface area contributed by atoms with Crippen molar-refractivity contribution >= 4 is 39.9 Å². The van der Waals surface area contributed by atoms with Crippen molar-refractivity contribution in [2.45, 2.75) is 13.5 Å². The molecule has 39 heavy (non-hydrogen) atoms. The van der Waals surface area contributed by atoms with Crippen molar-refractivity contribution in [1.29, 1.82) is 0 Å². The Hall–Kier alpha value is -4.63. The second kappa shape index (κ2) is 10.6. The minimum atomic E-state index is -0.205. The Bertz CT molecular complexity index is 1530. The number of carbonyl (C=O) groups is 2. The zero-order valence-electron chi connectivity index (χ0n) is 21.6. The molecule has 3 heterocycles. The quantitative estimate of drug-likeness (QED) is 0.384. The molecule has 2 N–H and O–H groups in total. The Labute approximate surface area is 226 Å². The molecule has 4 aromatic rings. The van der Waals surface area contributed by atoms with Crippen molar-refractivity contribution in [3.05, 3.63) is 83.9 Å². The van der Waals surface area contributed by atoms with Gasteiger partial charge in [-0.2, -0.15) is 0 Å². The zero-order valence-corrected chi connectivity index (χ0v) is 21.6. The summed E-state index contributed by atoms with van der Waals surface area (Å²) < 4.78 is 10.9. The molecule has 1 aromatic heterocycles. The number of ether oxygens (including phenoxy) is 2. The van der Waals surface area contributed by atoms with Gasteiger partial charge in [0.05, 0.1) is 11.1 Å². The molecule has 0 unspecified atom stereocenters. The number of para-hydroxylation sites is 1. The zero-order chi connectivity index (χ0) is 26.8. The van der Waals surface area contributed by atoms with Crippen LogP contribution in [-0.4, -0.2) is 54.7 Å². The van der Waals surface area contributed by atoms with E-state index in [1.165, 1.54) is 12.5 Å². The topological polar surface area (TPSA) is 96.0 Å². The van der Waals surface area contributed by atoms with Crippen LogP contribution in [0, 0.1) is 0 Å². The number of benzene rings is 3. The summed E-state index contributed by atoms with van der Waals surface area (Å²) in [7, 11) is 0. The largest absolute Gasteiger partial charge is 0.454 e. The molecule has 9 nitrogen and oxygen atoms in total. The van der Waals surface area contributed by atoms with Gasteiger partial charge in [-0.15, -0.1) is 0 Å². The van der Waals surface area contributed by atoms with Crippen LogP contribution >= 0.6 is 0 Å². The summed E-state index contributed by atoms with van der Waals surface area (Å²) in [5.41, 5.74) is 3.87. The molecular weight excluding hydrogens is 494 g/mol. The summed E-state index contributed by atoms with van der Waals surface area (Å²) in [6.45, 7) is 5.95. The molecule has 198 valence electrons. The van der Waals surface area contributed by atoms with E-state index in [-0.39, 0.29) is 18.6 Å². The van der Waals surface area contributed by atoms with E-state index < -0.39 is 0 Å². The first kappa shape index (κ1) is 24.7. The number of amides is 2. The summed E-state index contributed by atoms with van der Waals surface area (Å²) in [6.07, 6.45) is 0. The van der Waals surface area contributed by atoms with Crippen molar-refractivity contribution in [2.24, 2.45) is 0 Å². The maximum Gasteiger partial charge on any atom is 0.256 e. The fraction of sp³-hybridized carbons (Fsp3) is 0.233. The number of carbonyl (C=O) groups excluding carboxylic acids is 2. The van der Waals surface area contributed by atoms with Gasteiger partial charge in [0, 0.05) is 56.4 Å². The predicted octanol–water partition coefficient (Wildman–Crippen LogP) is 4.50. The molecule has 2 aliphatic rings. The average Bonchev–Trinajstić information content (AvgIpc) is 3.42. The van der Waals surface area contributed by atoms with Gasteiger partial charge in [-0.05, 0) is 54.1 Å². The minimum absolute atomic E-state index is 0.142. The van der Waals surface area contributed by atoms with Crippen LogP contribution < -0.4 is 25.0 Å². The van der Waals surface area contributed by atoms with Crippen LogP contribution in [0.1, 0.15) is 22.8 Å². The van der Waals surface area contributed by atoms with Gasteiger partial charge in [-0.1, -0.05) is 24.3 Å². The van der Waals surface area contributed by atoms with Crippen molar-refractivity contribution < 1.29 is 19.1 Å². The lowest BCUT2D eigenvalue weighted by Gasteiger charge is -2.35. The molecule has 0 bridgehead atoms. The van der Waals surface area contributed by atoms with Crippen LogP contribution in [0.5, 0.6) is 11.5 Å². The highest BCUT2D eigenvalue weighted by Gasteiger charge is 2.22. The lowest BCUT2D eigenvalue weighted by atomic mass is 10.1. The number of anilines is 3. The Morgan fingerprint density at radius 2 is 1.56 bits per heavy atom. The number of hydrogen-bond donors (Lipinski definition) is 2. The number of pyridine rings is 1. The highest BCUT2D eigenvalue weighted by atomic mass is 16.7. The Kier molecular flexibility index (Phi) is 6.73. The molecule has 0 saturated carbocycles. The second-order valence-electron chi connectivity index (χ2n) is 9.71. The number of hydrogen-bond acceptors (Lipinski definition) is 7. The molecule has 9 heteroatoms. The molecule has 0 spiro atoms. The maximum absolute atomic E-state index is 13.4. The number of rotatable bonds is 6. The van der Waals surface area contributed by atoms with E-state index in [4.69, 9.17) is 14.5 Å². The van der Waals surface area contributed by atoms with E-state index in [0.29, 0.717) is 16.9 Å². The molecular formula is C30H29N5O4. The van der Waals surface area contributed by atoms with Gasteiger partial charge >= 0.3 is 0 Å². The molecule has 0 atom stereocenters. The van der Waals surface area contributed by atoms with Gasteiger partial charge in [0.15, 0.2) is 11.5 Å². The van der Waals surface area contributed by atoms with Crippen LogP contribution in [0.25, 0.3) is 10.9 Å². The Morgan fingerprint density at radius 1 is 0.846 bits per heavy atom. The molecule has 6 rings (SSSR count). The lowest BCUT2D eigenvalue weighted by Crippen LogP contribution is -2.46. The van der Waals surface area contributed by atoms with Crippen LogP contribution in [0.2, 0.25) is 0 Å². The van der Waals surface area contributed by atoms with Crippen LogP contribution in [0.4, 0.5) is 17.2 Å². The molecule has 1 fully saturated rings. The summed E-state index contributed by atoms with van der Waals surface area (Å²) in [6, 6.07) is 22.8. The summed E-state index contributed by atoms with van der Waals surface area (Å²) in [5, 5.41) is 6.52. The number of piperazine rings is 1. The van der Waals surface area contributed by atoms with Gasteiger partial charge < -0.3 is 25.0 Å². The number of nitrogens with one attached hydrogen (secondary N) is 2. The number of fused-ring (bicyclic) bond motifs is 2. The molecule has 2 amide bonds. The first-order valence-electron chi connectivity index (χ1n) is 13.0. The molecule has 2 aliphatic heterocycles. The van der Waals surface area contributed by atoms with Crippen LogP contribution in [0.15, 0.2) is 72.8 Å². The lowest BCUT2D eigenvalue weighted by molar-refractivity contribution is -0.114. The first-order valence-corrected chi connectivity index (χ1v) is 13.0. The SMILES string of the molecule is CC(=O)Nc1ccc(NC(=O)c2cc(N3CCN(Cc4ccc5c(c4)OCO5)CC3)nc3ccccc23)cc1. The van der Waals surface area contributed by atoms with Crippen LogP contribution in [-0.2, 0) is 11.3 Å². The summed E-state index contributed by atoms with van der Waals surface area (Å²) in [5.74, 6) is 2.05. The molecule has 1 saturated heterocycles. The third-order valence-electron chi connectivity index (χ3n) is 6.95. The van der Waals surface area contributed by atoms with E-state index in [1.807, 2.05) is 36.4 Å². The average molecular weight is 524 g/mol. The van der Waals surface area contributed by atoms with Crippen molar-refractivity contribution in [1.82, 2.24) is 9.88 Å². The van der Waals surface area contributed by atoms with Crippen molar-refractivity contribution in [3.8, 4) is 11.5 Å². The van der Waals surface area contributed by atoms with E-state index in [0.717, 1.165) is 60.9 Å². The fourth-order valence-electron chi connectivity index (χ4n) is 4.98. The standard InChI is InChI=1S/C30H29N5O4/c1-20(36)31-22-7-9-23(10-8-22)32-30(37)25-17-29(33-26-5-3-2-4-24(25)26)35-14-12-34(13-15-35)18-21-6-11-27-28(16-21)39-19-38-27/h2-11,16-17H,12-15,18-19H2,1H3,(H,31,36)(H,32,37).